The maximum atomic E-state index is 12.3. The molecule has 0 saturated heterocycles. The number of nitrogens with one attached hydrogen (secondary N) is 1. The number of thiazole rings is 1. The van der Waals surface area contributed by atoms with E-state index in [0.717, 1.165) is 45.0 Å². The molecular weight excluding hydrogens is 318 g/mol. The molecule has 24 heavy (non-hydrogen) atoms. The first-order valence-corrected chi connectivity index (χ1v) is 9.07. The molecule has 3 rings (SSSR count). The number of aromatic nitrogens is 2. The smallest absolute Gasteiger partial charge is 0.227 e. The Morgan fingerprint density at radius 1 is 1.25 bits per heavy atom. The Labute approximate surface area is 146 Å². The van der Waals surface area contributed by atoms with Gasteiger partial charge in [-0.25, -0.2) is 9.97 Å². The van der Waals surface area contributed by atoms with Gasteiger partial charge in [0.2, 0.25) is 5.91 Å². The van der Waals surface area contributed by atoms with Crippen LogP contribution >= 0.6 is 11.3 Å². The lowest BCUT2D eigenvalue weighted by Crippen LogP contribution is -2.22. The lowest BCUT2D eigenvalue weighted by atomic mass is 10.0. The van der Waals surface area contributed by atoms with E-state index in [1.165, 1.54) is 0 Å². The fourth-order valence-corrected chi connectivity index (χ4v) is 3.63. The first kappa shape index (κ1) is 16.6. The number of fused-ring (bicyclic) bond motifs is 1. The molecule has 1 amide bonds. The molecule has 124 valence electrons. The molecule has 3 aromatic rings. The first-order chi connectivity index (χ1) is 11.6. The Kier molecular flexibility index (Phi) is 4.90. The zero-order valence-corrected chi connectivity index (χ0v) is 15.0. The molecule has 0 unspecified atom stereocenters. The number of anilines is 1. The second-order valence-electron chi connectivity index (χ2n) is 5.88. The van der Waals surface area contributed by atoms with Gasteiger partial charge in [-0.3, -0.25) is 4.79 Å². The van der Waals surface area contributed by atoms with Crippen molar-refractivity contribution in [1.82, 2.24) is 9.97 Å². The van der Waals surface area contributed by atoms with Crippen LogP contribution in [0.4, 0.5) is 5.69 Å². The van der Waals surface area contributed by atoms with Gasteiger partial charge < -0.3 is 5.32 Å². The van der Waals surface area contributed by atoms with Crippen molar-refractivity contribution in [3.05, 3.63) is 42.1 Å². The Balaban J connectivity index is 1.85. The van der Waals surface area contributed by atoms with Crippen molar-refractivity contribution < 1.29 is 4.79 Å². The molecule has 1 aromatic carbocycles. The number of rotatable bonds is 5. The molecule has 2 aromatic heterocycles. The van der Waals surface area contributed by atoms with Gasteiger partial charge >= 0.3 is 0 Å². The monoisotopic (exact) mass is 339 g/mol. The molecular formula is C19H21N3OS. The average molecular weight is 339 g/mol. The van der Waals surface area contributed by atoms with Crippen LogP contribution in [0.3, 0.4) is 0 Å². The van der Waals surface area contributed by atoms with Crippen LogP contribution in [0, 0.1) is 12.8 Å². The fraction of sp³-hybridized carbons (Fsp3) is 0.316. The van der Waals surface area contributed by atoms with Gasteiger partial charge in [-0.05, 0) is 55.7 Å². The van der Waals surface area contributed by atoms with Crippen LogP contribution in [0.1, 0.15) is 32.3 Å². The SMILES string of the molecule is CCC(CC)C(=O)Nc1ccc(-c2nc3cccnc3s2)cc1C. The summed E-state index contributed by atoms with van der Waals surface area (Å²) in [6.45, 7) is 6.10. The topological polar surface area (TPSA) is 54.9 Å². The maximum Gasteiger partial charge on any atom is 0.227 e. The molecule has 0 bridgehead atoms. The summed E-state index contributed by atoms with van der Waals surface area (Å²) in [6, 6.07) is 9.91. The summed E-state index contributed by atoms with van der Waals surface area (Å²) in [4.78, 5) is 22.2. The predicted octanol–water partition coefficient (Wildman–Crippen LogP) is 5.04. The molecule has 5 heteroatoms. The van der Waals surface area contributed by atoms with E-state index in [0.29, 0.717) is 0 Å². The molecule has 0 atom stereocenters. The minimum Gasteiger partial charge on any atom is -0.326 e. The highest BCUT2D eigenvalue weighted by atomic mass is 32.1. The van der Waals surface area contributed by atoms with E-state index >= 15 is 0 Å². The minimum absolute atomic E-state index is 0.0689. The van der Waals surface area contributed by atoms with E-state index in [1.54, 1.807) is 17.5 Å². The number of pyridine rings is 1. The second kappa shape index (κ2) is 7.09. The predicted molar refractivity (Wildman–Crippen MR) is 100 cm³/mol. The first-order valence-electron chi connectivity index (χ1n) is 8.25. The van der Waals surface area contributed by atoms with Gasteiger partial charge in [0, 0.05) is 23.4 Å². The van der Waals surface area contributed by atoms with E-state index in [2.05, 4.69) is 21.4 Å². The summed E-state index contributed by atoms with van der Waals surface area (Å²) in [7, 11) is 0. The molecule has 0 aliphatic rings. The summed E-state index contributed by atoms with van der Waals surface area (Å²) in [5.41, 5.74) is 3.88. The maximum absolute atomic E-state index is 12.3. The lowest BCUT2D eigenvalue weighted by Gasteiger charge is -2.14. The van der Waals surface area contributed by atoms with Crippen LogP contribution in [0.5, 0.6) is 0 Å². The summed E-state index contributed by atoms with van der Waals surface area (Å²) in [6.07, 6.45) is 3.50. The number of benzene rings is 1. The molecule has 0 radical (unpaired) electrons. The zero-order chi connectivity index (χ0) is 17.1. The van der Waals surface area contributed by atoms with Crippen molar-refractivity contribution >= 4 is 33.3 Å². The number of amides is 1. The van der Waals surface area contributed by atoms with E-state index in [9.17, 15) is 4.79 Å². The van der Waals surface area contributed by atoms with Gasteiger partial charge in [-0.2, -0.15) is 0 Å². The van der Waals surface area contributed by atoms with E-state index in [1.807, 2.05) is 45.0 Å². The summed E-state index contributed by atoms with van der Waals surface area (Å²) >= 11 is 1.58. The summed E-state index contributed by atoms with van der Waals surface area (Å²) < 4.78 is 0. The van der Waals surface area contributed by atoms with Gasteiger partial charge in [0.05, 0.1) is 0 Å². The second-order valence-corrected chi connectivity index (χ2v) is 6.86. The van der Waals surface area contributed by atoms with Gasteiger partial charge in [-0.15, -0.1) is 0 Å². The Bertz CT molecular complexity index is 835. The van der Waals surface area contributed by atoms with Crippen molar-refractivity contribution in [2.75, 3.05) is 5.32 Å². The molecule has 0 fully saturated rings. The Morgan fingerprint density at radius 3 is 2.71 bits per heavy atom. The highest BCUT2D eigenvalue weighted by Gasteiger charge is 2.15. The standard InChI is InChI=1S/C19H21N3OS/c1-4-13(5-2)17(23)21-15-9-8-14(11-12(15)3)18-22-16-7-6-10-20-19(16)24-18/h6-11,13H,4-5H2,1-3H3,(H,21,23). The van der Waals surface area contributed by atoms with Crippen LogP contribution in [-0.2, 0) is 4.79 Å². The summed E-state index contributed by atoms with van der Waals surface area (Å²) in [5.74, 6) is 0.166. The molecule has 0 saturated carbocycles. The van der Waals surface area contributed by atoms with E-state index in [4.69, 9.17) is 0 Å². The van der Waals surface area contributed by atoms with Gasteiger partial charge in [0.15, 0.2) is 0 Å². The van der Waals surface area contributed by atoms with Crippen molar-refractivity contribution in [1.29, 1.82) is 0 Å². The largest absolute Gasteiger partial charge is 0.326 e. The fourth-order valence-electron chi connectivity index (χ4n) is 2.72. The molecule has 1 N–H and O–H groups in total. The number of hydrogen-bond donors (Lipinski definition) is 1. The number of aryl methyl sites for hydroxylation is 1. The van der Waals surface area contributed by atoms with E-state index < -0.39 is 0 Å². The van der Waals surface area contributed by atoms with Crippen LogP contribution in [0.2, 0.25) is 0 Å². The minimum atomic E-state index is 0.0689. The van der Waals surface area contributed by atoms with Gasteiger partial charge in [-0.1, -0.05) is 25.2 Å². The quantitative estimate of drug-likeness (QED) is 0.708. The van der Waals surface area contributed by atoms with Gasteiger partial charge in [0.25, 0.3) is 0 Å². The number of carbonyl (C=O) groups is 1. The third-order valence-corrected chi connectivity index (χ3v) is 5.28. The van der Waals surface area contributed by atoms with Crippen molar-refractivity contribution in [2.24, 2.45) is 5.92 Å². The third kappa shape index (κ3) is 3.31. The normalized spacial score (nSPS) is 11.2. The lowest BCUT2D eigenvalue weighted by molar-refractivity contribution is -0.120. The molecule has 2 heterocycles. The van der Waals surface area contributed by atoms with Crippen molar-refractivity contribution in [3.8, 4) is 10.6 Å². The summed E-state index contributed by atoms with van der Waals surface area (Å²) in [5, 5.41) is 4.00. The van der Waals surface area contributed by atoms with Gasteiger partial charge in [0.1, 0.15) is 15.4 Å². The highest BCUT2D eigenvalue weighted by molar-refractivity contribution is 7.21. The number of carbonyl (C=O) groups excluding carboxylic acids is 1. The van der Waals surface area contributed by atoms with Crippen LogP contribution in [0.25, 0.3) is 20.9 Å². The Morgan fingerprint density at radius 2 is 2.04 bits per heavy atom. The van der Waals surface area contributed by atoms with E-state index in [-0.39, 0.29) is 11.8 Å². The van der Waals surface area contributed by atoms with Crippen molar-refractivity contribution in [2.45, 2.75) is 33.6 Å². The zero-order valence-electron chi connectivity index (χ0n) is 14.2. The molecule has 4 nitrogen and oxygen atoms in total. The van der Waals surface area contributed by atoms with Crippen LogP contribution in [-0.4, -0.2) is 15.9 Å². The molecule has 0 aliphatic carbocycles. The number of hydrogen-bond acceptors (Lipinski definition) is 4. The third-order valence-electron chi connectivity index (χ3n) is 4.25. The van der Waals surface area contributed by atoms with Crippen molar-refractivity contribution in [3.63, 3.8) is 0 Å². The van der Waals surface area contributed by atoms with Crippen LogP contribution in [0.15, 0.2) is 36.5 Å². The Hall–Kier alpha value is -2.27. The number of nitrogens with zero attached hydrogens (tertiary/aromatic N) is 2. The van der Waals surface area contributed by atoms with Crippen LogP contribution < -0.4 is 5.32 Å². The molecule has 0 spiro atoms. The average Bonchev–Trinajstić information content (AvgIpc) is 3.02. The molecule has 0 aliphatic heterocycles. The highest BCUT2D eigenvalue weighted by Crippen LogP contribution is 2.31.